The van der Waals surface area contributed by atoms with Gasteiger partial charge >= 0.3 is 0 Å². The van der Waals surface area contributed by atoms with Crippen LogP contribution in [0, 0.1) is 6.92 Å². The SMILES string of the molecule is CCNCc1sc(S(=O)(=O)Nc2nncs2)cc1C. The molecule has 0 aliphatic rings. The van der Waals surface area contributed by atoms with E-state index in [9.17, 15) is 8.42 Å². The van der Waals surface area contributed by atoms with Crippen LogP contribution in [0.15, 0.2) is 15.8 Å². The van der Waals surface area contributed by atoms with Crippen molar-refractivity contribution in [3.05, 3.63) is 22.0 Å². The molecule has 0 aliphatic heterocycles. The molecule has 0 amide bonds. The fraction of sp³-hybridized carbons (Fsp3) is 0.400. The van der Waals surface area contributed by atoms with Crippen LogP contribution < -0.4 is 10.0 Å². The Labute approximate surface area is 119 Å². The van der Waals surface area contributed by atoms with Gasteiger partial charge < -0.3 is 5.32 Å². The molecule has 0 radical (unpaired) electrons. The maximum atomic E-state index is 12.2. The normalized spacial score (nSPS) is 11.7. The summed E-state index contributed by atoms with van der Waals surface area (Å²) >= 11 is 2.42. The lowest BCUT2D eigenvalue weighted by atomic mass is 10.3. The van der Waals surface area contributed by atoms with Crippen LogP contribution in [0.3, 0.4) is 0 Å². The minimum absolute atomic E-state index is 0.277. The fourth-order valence-electron chi connectivity index (χ4n) is 1.42. The summed E-state index contributed by atoms with van der Waals surface area (Å²) in [6, 6.07) is 1.68. The molecule has 0 bridgehead atoms. The first kappa shape index (κ1) is 14.4. The third-order valence-electron chi connectivity index (χ3n) is 2.38. The molecule has 0 aliphatic carbocycles. The molecule has 0 saturated heterocycles. The number of hydrogen-bond acceptors (Lipinski definition) is 7. The van der Waals surface area contributed by atoms with Gasteiger partial charge in [-0.2, -0.15) is 0 Å². The summed E-state index contributed by atoms with van der Waals surface area (Å²) in [4.78, 5) is 1.03. The highest BCUT2D eigenvalue weighted by Crippen LogP contribution is 2.27. The Kier molecular flexibility index (Phi) is 4.50. The van der Waals surface area contributed by atoms with Gasteiger partial charge in [-0.1, -0.05) is 18.3 Å². The number of rotatable bonds is 6. The molecule has 9 heteroatoms. The first-order valence-corrected chi connectivity index (χ1v) is 8.80. The number of thiophene rings is 1. The third-order valence-corrected chi connectivity index (χ3v) is 6.17. The van der Waals surface area contributed by atoms with Gasteiger partial charge in [-0.25, -0.2) is 8.42 Å². The molecule has 0 atom stereocenters. The van der Waals surface area contributed by atoms with E-state index in [1.807, 2.05) is 13.8 Å². The second kappa shape index (κ2) is 5.95. The van der Waals surface area contributed by atoms with Crippen molar-refractivity contribution in [2.75, 3.05) is 11.3 Å². The van der Waals surface area contributed by atoms with Crippen molar-refractivity contribution in [2.45, 2.75) is 24.6 Å². The summed E-state index contributed by atoms with van der Waals surface area (Å²) in [6.45, 7) is 5.45. The lowest BCUT2D eigenvalue weighted by molar-refractivity contribution is 0.603. The maximum Gasteiger partial charge on any atom is 0.273 e. The Hall–Kier alpha value is -1.03. The molecule has 104 valence electrons. The van der Waals surface area contributed by atoms with Crippen molar-refractivity contribution >= 4 is 37.8 Å². The second-order valence-corrected chi connectivity index (χ2v) is 7.68. The minimum Gasteiger partial charge on any atom is -0.312 e. The quantitative estimate of drug-likeness (QED) is 0.849. The predicted molar refractivity (Wildman–Crippen MR) is 77.2 cm³/mol. The van der Waals surface area contributed by atoms with Gasteiger partial charge in [0, 0.05) is 11.4 Å². The molecule has 2 aromatic heterocycles. The molecule has 6 nitrogen and oxygen atoms in total. The summed E-state index contributed by atoms with van der Waals surface area (Å²) in [5.74, 6) is 0. The standard InChI is InChI=1S/C10H14N4O2S3/c1-3-11-5-8-7(2)4-9(18-8)19(15,16)14-10-13-12-6-17-10/h4,6,11H,3,5H2,1-2H3,(H,13,14). The van der Waals surface area contributed by atoms with E-state index in [1.165, 1.54) is 16.8 Å². The smallest absolute Gasteiger partial charge is 0.273 e. The first-order chi connectivity index (χ1) is 9.03. The summed E-state index contributed by atoms with van der Waals surface area (Å²) in [6.07, 6.45) is 0. The molecule has 2 N–H and O–H groups in total. The number of hydrogen-bond donors (Lipinski definition) is 2. The van der Waals surface area contributed by atoms with E-state index in [0.29, 0.717) is 10.8 Å². The summed E-state index contributed by atoms with van der Waals surface area (Å²) in [7, 11) is -3.56. The van der Waals surface area contributed by atoms with Crippen LogP contribution in [0.4, 0.5) is 5.13 Å². The van der Waals surface area contributed by atoms with E-state index in [1.54, 1.807) is 6.07 Å². The predicted octanol–water partition coefficient (Wildman–Crippen LogP) is 1.82. The van der Waals surface area contributed by atoms with E-state index >= 15 is 0 Å². The fourth-order valence-corrected chi connectivity index (χ4v) is 4.67. The zero-order valence-electron chi connectivity index (χ0n) is 10.5. The molecule has 2 aromatic rings. The molecule has 0 unspecified atom stereocenters. The Morgan fingerprint density at radius 1 is 1.42 bits per heavy atom. The molecule has 0 spiro atoms. The van der Waals surface area contributed by atoms with Crippen molar-refractivity contribution < 1.29 is 8.42 Å². The van der Waals surface area contributed by atoms with Crippen LogP contribution in [0.5, 0.6) is 0 Å². The van der Waals surface area contributed by atoms with Crippen LogP contribution >= 0.6 is 22.7 Å². The van der Waals surface area contributed by atoms with Gasteiger partial charge in [0.1, 0.15) is 9.72 Å². The maximum absolute atomic E-state index is 12.2. The second-order valence-electron chi connectivity index (χ2n) is 3.80. The molecule has 0 fully saturated rings. The molecule has 0 saturated carbocycles. The van der Waals surface area contributed by atoms with Gasteiger partial charge in [0.15, 0.2) is 0 Å². The summed E-state index contributed by atoms with van der Waals surface area (Å²) in [5.41, 5.74) is 2.46. The van der Waals surface area contributed by atoms with Gasteiger partial charge in [-0.15, -0.1) is 21.5 Å². The van der Waals surface area contributed by atoms with Crippen molar-refractivity contribution in [3.63, 3.8) is 0 Å². The average molecular weight is 318 g/mol. The topological polar surface area (TPSA) is 84.0 Å². The molecular formula is C10H14N4O2S3. The van der Waals surface area contributed by atoms with Crippen molar-refractivity contribution in [1.82, 2.24) is 15.5 Å². The van der Waals surface area contributed by atoms with E-state index in [4.69, 9.17) is 0 Å². The summed E-state index contributed by atoms with van der Waals surface area (Å²) in [5, 5.41) is 10.7. The summed E-state index contributed by atoms with van der Waals surface area (Å²) < 4.78 is 27.0. The average Bonchev–Trinajstić information content (AvgIpc) is 2.96. The van der Waals surface area contributed by atoms with Gasteiger partial charge in [0.25, 0.3) is 10.0 Å². The van der Waals surface area contributed by atoms with E-state index in [0.717, 1.165) is 28.3 Å². The Morgan fingerprint density at radius 3 is 2.84 bits per heavy atom. The third kappa shape index (κ3) is 3.50. The van der Waals surface area contributed by atoms with Crippen LogP contribution in [0.1, 0.15) is 17.4 Å². The van der Waals surface area contributed by atoms with Crippen LogP contribution in [-0.2, 0) is 16.6 Å². The van der Waals surface area contributed by atoms with Gasteiger partial charge in [0.05, 0.1) is 0 Å². The van der Waals surface area contributed by atoms with Crippen LogP contribution in [0.2, 0.25) is 0 Å². The zero-order chi connectivity index (χ0) is 13.9. The van der Waals surface area contributed by atoms with E-state index in [-0.39, 0.29) is 5.13 Å². The number of anilines is 1. The van der Waals surface area contributed by atoms with Crippen LogP contribution in [-0.4, -0.2) is 25.2 Å². The molecular weight excluding hydrogens is 304 g/mol. The Morgan fingerprint density at radius 2 is 2.21 bits per heavy atom. The molecule has 2 heterocycles. The van der Waals surface area contributed by atoms with Crippen molar-refractivity contribution in [3.8, 4) is 0 Å². The first-order valence-electron chi connectivity index (χ1n) is 5.62. The number of aromatic nitrogens is 2. The van der Waals surface area contributed by atoms with Crippen LogP contribution in [0.25, 0.3) is 0 Å². The van der Waals surface area contributed by atoms with E-state index in [2.05, 4.69) is 20.2 Å². The van der Waals surface area contributed by atoms with Crippen molar-refractivity contribution in [2.24, 2.45) is 0 Å². The van der Waals surface area contributed by atoms with Gasteiger partial charge in [-0.05, 0) is 25.1 Å². The highest BCUT2D eigenvalue weighted by Gasteiger charge is 2.20. The number of nitrogens with zero attached hydrogens (tertiary/aromatic N) is 2. The highest BCUT2D eigenvalue weighted by atomic mass is 32.2. The molecule has 2 rings (SSSR count). The lowest BCUT2D eigenvalue weighted by Crippen LogP contribution is -2.11. The number of nitrogens with one attached hydrogen (secondary N) is 2. The van der Waals surface area contributed by atoms with Gasteiger partial charge in [-0.3, -0.25) is 4.72 Å². The lowest BCUT2D eigenvalue weighted by Gasteiger charge is -2.01. The largest absolute Gasteiger partial charge is 0.312 e. The van der Waals surface area contributed by atoms with Crippen molar-refractivity contribution in [1.29, 1.82) is 0 Å². The highest BCUT2D eigenvalue weighted by molar-refractivity contribution is 7.94. The monoisotopic (exact) mass is 318 g/mol. The molecule has 0 aromatic carbocycles. The number of sulfonamides is 1. The Balaban J connectivity index is 2.21. The number of aryl methyl sites for hydroxylation is 1. The Bertz CT molecular complexity index is 634. The van der Waals surface area contributed by atoms with Gasteiger partial charge in [0.2, 0.25) is 5.13 Å². The zero-order valence-corrected chi connectivity index (χ0v) is 13.0. The molecule has 19 heavy (non-hydrogen) atoms. The minimum atomic E-state index is -3.56. The van der Waals surface area contributed by atoms with E-state index < -0.39 is 10.0 Å².